The molecule has 122 valence electrons. The summed E-state index contributed by atoms with van der Waals surface area (Å²) in [6.45, 7) is 4.15. The van der Waals surface area contributed by atoms with Crippen molar-refractivity contribution >= 4 is 6.03 Å². The molecule has 0 bridgehead atoms. The number of amides is 2. The highest BCUT2D eigenvalue weighted by molar-refractivity contribution is 5.75. The molecule has 0 aromatic carbocycles. The molecule has 23 heavy (non-hydrogen) atoms. The number of hydrogen-bond donors (Lipinski definition) is 2. The fourth-order valence-electron chi connectivity index (χ4n) is 2.54. The van der Waals surface area contributed by atoms with Crippen LogP contribution in [-0.2, 0) is 0 Å². The highest BCUT2D eigenvalue weighted by Crippen LogP contribution is 2.18. The summed E-state index contributed by atoms with van der Waals surface area (Å²) >= 11 is 0. The van der Waals surface area contributed by atoms with E-state index in [0.717, 1.165) is 30.5 Å². The Kier molecular flexibility index (Phi) is 6.54. The van der Waals surface area contributed by atoms with Crippen LogP contribution in [0.25, 0.3) is 0 Å². The number of urea groups is 1. The summed E-state index contributed by atoms with van der Waals surface area (Å²) in [7, 11) is 0. The molecule has 0 radical (unpaired) electrons. The predicted molar refractivity (Wildman–Crippen MR) is 90.8 cm³/mol. The average molecular weight is 312 g/mol. The van der Waals surface area contributed by atoms with Gasteiger partial charge in [0.1, 0.15) is 0 Å². The van der Waals surface area contributed by atoms with Crippen molar-refractivity contribution in [2.45, 2.75) is 45.2 Å². The van der Waals surface area contributed by atoms with E-state index in [2.05, 4.69) is 27.5 Å². The highest BCUT2D eigenvalue weighted by atomic mass is 16.2. The highest BCUT2D eigenvalue weighted by Gasteiger charge is 2.17. The van der Waals surface area contributed by atoms with Crippen LogP contribution in [0.5, 0.6) is 0 Å². The van der Waals surface area contributed by atoms with Crippen molar-refractivity contribution in [3.8, 4) is 0 Å². The van der Waals surface area contributed by atoms with Crippen molar-refractivity contribution in [2.24, 2.45) is 0 Å². The topological polar surface area (TPSA) is 66.9 Å². The van der Waals surface area contributed by atoms with Gasteiger partial charge in [-0.1, -0.05) is 26.3 Å². The second-order valence-corrected chi connectivity index (χ2v) is 5.46. The van der Waals surface area contributed by atoms with Crippen LogP contribution in [0.1, 0.15) is 56.5 Å². The van der Waals surface area contributed by atoms with Gasteiger partial charge in [0.05, 0.1) is 17.8 Å². The van der Waals surface area contributed by atoms with Crippen molar-refractivity contribution in [2.75, 3.05) is 0 Å². The van der Waals surface area contributed by atoms with Gasteiger partial charge in [-0.15, -0.1) is 0 Å². The molecule has 0 spiro atoms. The van der Waals surface area contributed by atoms with Gasteiger partial charge >= 0.3 is 6.03 Å². The molecule has 0 saturated heterocycles. The third kappa shape index (κ3) is 5.06. The maximum absolute atomic E-state index is 12.4. The van der Waals surface area contributed by atoms with Crippen LogP contribution in [0, 0.1) is 0 Å². The molecule has 2 heterocycles. The van der Waals surface area contributed by atoms with Crippen molar-refractivity contribution in [3.63, 3.8) is 0 Å². The van der Waals surface area contributed by atoms with Gasteiger partial charge in [0, 0.05) is 18.6 Å². The van der Waals surface area contributed by atoms with Crippen LogP contribution < -0.4 is 10.6 Å². The molecule has 0 saturated carbocycles. The molecule has 2 aromatic heterocycles. The predicted octanol–water partition coefficient (Wildman–Crippen LogP) is 3.77. The SMILES string of the molecule is CCC[C@H](NC(=O)N[C@@H](CC)c1ccncc1)c1ccccn1. The third-order valence-corrected chi connectivity index (χ3v) is 3.75. The lowest BCUT2D eigenvalue weighted by molar-refractivity contribution is 0.231. The summed E-state index contributed by atoms with van der Waals surface area (Å²) in [6, 6.07) is 9.35. The van der Waals surface area contributed by atoms with E-state index in [1.807, 2.05) is 37.3 Å². The maximum atomic E-state index is 12.4. The number of nitrogens with zero attached hydrogens (tertiary/aromatic N) is 2. The number of rotatable bonds is 7. The molecule has 0 unspecified atom stereocenters. The van der Waals surface area contributed by atoms with Crippen molar-refractivity contribution in [3.05, 3.63) is 60.2 Å². The van der Waals surface area contributed by atoms with Crippen LogP contribution in [0.4, 0.5) is 4.79 Å². The van der Waals surface area contributed by atoms with E-state index in [4.69, 9.17) is 0 Å². The molecule has 2 aromatic rings. The first-order valence-electron chi connectivity index (χ1n) is 8.12. The number of hydrogen-bond acceptors (Lipinski definition) is 3. The molecule has 0 aliphatic carbocycles. The Morgan fingerprint density at radius 3 is 2.39 bits per heavy atom. The van der Waals surface area contributed by atoms with Gasteiger partial charge < -0.3 is 10.6 Å². The van der Waals surface area contributed by atoms with Gasteiger partial charge in [0.15, 0.2) is 0 Å². The zero-order chi connectivity index (χ0) is 16.5. The lowest BCUT2D eigenvalue weighted by Gasteiger charge is -2.22. The van der Waals surface area contributed by atoms with E-state index in [1.54, 1.807) is 18.6 Å². The molecule has 5 heteroatoms. The zero-order valence-corrected chi connectivity index (χ0v) is 13.7. The van der Waals surface area contributed by atoms with E-state index >= 15 is 0 Å². The van der Waals surface area contributed by atoms with Gasteiger partial charge in [-0.25, -0.2) is 4.79 Å². The number of pyridine rings is 2. The van der Waals surface area contributed by atoms with Crippen LogP contribution in [0.2, 0.25) is 0 Å². The molecule has 0 aliphatic heterocycles. The van der Waals surface area contributed by atoms with Crippen LogP contribution in [0.3, 0.4) is 0 Å². The van der Waals surface area contributed by atoms with Crippen LogP contribution in [0.15, 0.2) is 48.9 Å². The summed E-state index contributed by atoms with van der Waals surface area (Å²) in [5, 5.41) is 6.08. The Balaban J connectivity index is 2.01. The average Bonchev–Trinajstić information content (AvgIpc) is 2.61. The van der Waals surface area contributed by atoms with Crippen molar-refractivity contribution < 1.29 is 4.79 Å². The molecule has 0 aliphatic rings. The summed E-state index contributed by atoms with van der Waals surface area (Å²) < 4.78 is 0. The summed E-state index contributed by atoms with van der Waals surface area (Å²) in [5.74, 6) is 0. The molecular weight excluding hydrogens is 288 g/mol. The molecule has 0 fully saturated rings. The standard InChI is InChI=1S/C18H24N4O/c1-3-7-17(16-8-5-6-11-20-16)22-18(23)21-15(4-2)14-9-12-19-13-10-14/h5-6,8-13,15,17H,3-4,7H2,1-2H3,(H2,21,22,23)/t15-,17-/m0/s1. The lowest BCUT2D eigenvalue weighted by Crippen LogP contribution is -2.40. The molecule has 2 rings (SSSR count). The van der Waals surface area contributed by atoms with E-state index in [0.29, 0.717) is 0 Å². The first-order chi connectivity index (χ1) is 11.2. The quantitative estimate of drug-likeness (QED) is 0.818. The summed E-state index contributed by atoms with van der Waals surface area (Å²) in [5.41, 5.74) is 1.95. The smallest absolute Gasteiger partial charge is 0.315 e. The largest absolute Gasteiger partial charge is 0.331 e. The molecule has 2 N–H and O–H groups in total. The van der Waals surface area contributed by atoms with Crippen molar-refractivity contribution in [1.82, 2.24) is 20.6 Å². The van der Waals surface area contributed by atoms with E-state index in [9.17, 15) is 4.79 Å². The van der Waals surface area contributed by atoms with Gasteiger partial charge in [-0.05, 0) is 42.7 Å². The second-order valence-electron chi connectivity index (χ2n) is 5.46. The van der Waals surface area contributed by atoms with E-state index in [-0.39, 0.29) is 18.1 Å². The number of carbonyl (C=O) groups is 1. The van der Waals surface area contributed by atoms with Gasteiger partial charge in [0.2, 0.25) is 0 Å². The summed E-state index contributed by atoms with van der Waals surface area (Å²) in [4.78, 5) is 20.8. The molecule has 2 amide bonds. The fourth-order valence-corrected chi connectivity index (χ4v) is 2.54. The maximum Gasteiger partial charge on any atom is 0.315 e. The number of aromatic nitrogens is 2. The second kappa shape index (κ2) is 8.88. The van der Waals surface area contributed by atoms with E-state index < -0.39 is 0 Å². The van der Waals surface area contributed by atoms with E-state index in [1.165, 1.54) is 0 Å². The summed E-state index contributed by atoms with van der Waals surface area (Å²) in [6.07, 6.45) is 7.89. The minimum absolute atomic E-state index is 0.0241. The van der Waals surface area contributed by atoms with Gasteiger partial charge in [0.25, 0.3) is 0 Å². The Labute approximate surface area is 137 Å². The fraction of sp³-hybridized carbons (Fsp3) is 0.389. The Hall–Kier alpha value is -2.43. The Bertz CT molecular complexity index is 588. The number of nitrogens with one attached hydrogen (secondary N) is 2. The number of carbonyl (C=O) groups excluding carboxylic acids is 1. The van der Waals surface area contributed by atoms with Gasteiger partial charge in [-0.3, -0.25) is 9.97 Å². The van der Waals surface area contributed by atoms with Gasteiger partial charge in [-0.2, -0.15) is 0 Å². The molecule has 5 nitrogen and oxygen atoms in total. The monoisotopic (exact) mass is 312 g/mol. The third-order valence-electron chi connectivity index (χ3n) is 3.75. The molecular formula is C18H24N4O. The first-order valence-corrected chi connectivity index (χ1v) is 8.12. The van der Waals surface area contributed by atoms with Crippen molar-refractivity contribution in [1.29, 1.82) is 0 Å². The minimum atomic E-state index is -0.169. The Morgan fingerprint density at radius 2 is 1.78 bits per heavy atom. The minimum Gasteiger partial charge on any atom is -0.331 e. The Morgan fingerprint density at radius 1 is 1.04 bits per heavy atom. The normalized spacial score (nSPS) is 13.1. The van der Waals surface area contributed by atoms with Crippen LogP contribution >= 0.6 is 0 Å². The van der Waals surface area contributed by atoms with Crippen LogP contribution in [-0.4, -0.2) is 16.0 Å². The lowest BCUT2D eigenvalue weighted by atomic mass is 10.1. The zero-order valence-electron chi connectivity index (χ0n) is 13.7. The first kappa shape index (κ1) is 16.9. The molecule has 2 atom stereocenters.